The molecule has 2 unspecified atom stereocenters. The van der Waals surface area contributed by atoms with Crippen LogP contribution in [0.4, 0.5) is 10.6 Å². The molecule has 0 spiro atoms. The average Bonchev–Trinajstić information content (AvgIpc) is 3.00. The van der Waals surface area contributed by atoms with Crippen molar-refractivity contribution in [3.63, 3.8) is 0 Å². The molecule has 1 aliphatic heterocycles. The summed E-state index contributed by atoms with van der Waals surface area (Å²) in [5.41, 5.74) is 0. The number of anilines is 1. The standard InChI is InChI=1S/C14H19N5O3/c20-12(16-11-5-7-15-18-11)6-8-19-10-4-2-1-3-9(10)13(21)17-14(19)22/h5,7,9-10H,1-4,6,8H2,(H,17,21,22)(H2,15,16,18,20). The minimum atomic E-state index is -0.387. The van der Waals surface area contributed by atoms with Crippen molar-refractivity contribution in [3.8, 4) is 0 Å². The fourth-order valence-electron chi connectivity index (χ4n) is 3.24. The van der Waals surface area contributed by atoms with Crippen molar-refractivity contribution in [2.45, 2.75) is 38.1 Å². The van der Waals surface area contributed by atoms with E-state index in [4.69, 9.17) is 0 Å². The van der Waals surface area contributed by atoms with Gasteiger partial charge >= 0.3 is 6.03 Å². The number of aromatic amines is 1. The predicted molar refractivity (Wildman–Crippen MR) is 77.8 cm³/mol. The SMILES string of the molecule is O=C(CCN1C(=O)NC(=O)C2CCCCC21)Nc1ccn[nH]1. The smallest absolute Gasteiger partial charge is 0.320 e. The molecule has 1 saturated heterocycles. The highest BCUT2D eigenvalue weighted by molar-refractivity contribution is 5.99. The van der Waals surface area contributed by atoms with E-state index < -0.39 is 0 Å². The molecule has 8 nitrogen and oxygen atoms in total. The Morgan fingerprint density at radius 3 is 2.95 bits per heavy atom. The van der Waals surface area contributed by atoms with Crippen molar-refractivity contribution >= 4 is 23.7 Å². The molecular weight excluding hydrogens is 286 g/mol. The summed E-state index contributed by atoms with van der Waals surface area (Å²) in [7, 11) is 0. The van der Waals surface area contributed by atoms with Gasteiger partial charge in [-0.2, -0.15) is 5.10 Å². The van der Waals surface area contributed by atoms with Gasteiger partial charge in [0.15, 0.2) is 0 Å². The maximum absolute atomic E-state index is 12.0. The van der Waals surface area contributed by atoms with E-state index in [0.29, 0.717) is 12.4 Å². The van der Waals surface area contributed by atoms with Crippen molar-refractivity contribution in [2.24, 2.45) is 5.92 Å². The molecule has 3 rings (SSSR count). The third kappa shape index (κ3) is 2.95. The maximum Gasteiger partial charge on any atom is 0.324 e. The second kappa shape index (κ2) is 6.17. The van der Waals surface area contributed by atoms with Crippen LogP contribution in [0.2, 0.25) is 0 Å². The zero-order chi connectivity index (χ0) is 15.5. The van der Waals surface area contributed by atoms with Crippen molar-refractivity contribution in [2.75, 3.05) is 11.9 Å². The number of amides is 4. The summed E-state index contributed by atoms with van der Waals surface area (Å²) in [4.78, 5) is 37.5. The van der Waals surface area contributed by atoms with Crippen LogP contribution < -0.4 is 10.6 Å². The topological polar surface area (TPSA) is 107 Å². The van der Waals surface area contributed by atoms with Crippen LogP contribution in [0.3, 0.4) is 0 Å². The minimum Gasteiger partial charge on any atom is -0.320 e. The molecule has 0 radical (unpaired) electrons. The van der Waals surface area contributed by atoms with E-state index in [9.17, 15) is 14.4 Å². The Hall–Kier alpha value is -2.38. The number of carbonyl (C=O) groups is 3. The van der Waals surface area contributed by atoms with Crippen molar-refractivity contribution in [3.05, 3.63) is 12.3 Å². The molecule has 1 aromatic rings. The highest BCUT2D eigenvalue weighted by atomic mass is 16.2. The van der Waals surface area contributed by atoms with Crippen LogP contribution in [-0.2, 0) is 9.59 Å². The second-order valence-corrected chi connectivity index (χ2v) is 5.71. The van der Waals surface area contributed by atoms with Gasteiger partial charge < -0.3 is 10.2 Å². The Kier molecular flexibility index (Phi) is 4.08. The third-order valence-corrected chi connectivity index (χ3v) is 4.31. The Morgan fingerprint density at radius 1 is 1.36 bits per heavy atom. The summed E-state index contributed by atoms with van der Waals surface area (Å²) in [6, 6.07) is 1.19. The van der Waals surface area contributed by atoms with Gasteiger partial charge in [0.1, 0.15) is 5.82 Å². The van der Waals surface area contributed by atoms with Gasteiger partial charge in [0, 0.05) is 25.1 Å². The van der Waals surface area contributed by atoms with Crippen molar-refractivity contribution < 1.29 is 14.4 Å². The normalized spacial score (nSPS) is 24.6. The zero-order valence-electron chi connectivity index (χ0n) is 12.2. The number of carbonyl (C=O) groups excluding carboxylic acids is 3. The molecule has 4 amide bonds. The van der Waals surface area contributed by atoms with E-state index in [1.807, 2.05) is 0 Å². The van der Waals surface area contributed by atoms with Crippen molar-refractivity contribution in [1.29, 1.82) is 0 Å². The largest absolute Gasteiger partial charge is 0.324 e. The highest BCUT2D eigenvalue weighted by Gasteiger charge is 2.42. The zero-order valence-corrected chi connectivity index (χ0v) is 12.2. The van der Waals surface area contributed by atoms with E-state index in [1.165, 1.54) is 0 Å². The molecule has 8 heteroatoms. The summed E-state index contributed by atoms with van der Waals surface area (Å²) < 4.78 is 0. The van der Waals surface area contributed by atoms with Gasteiger partial charge in [0.05, 0.1) is 12.1 Å². The molecule has 2 fully saturated rings. The first kappa shape index (κ1) is 14.6. The van der Waals surface area contributed by atoms with Gasteiger partial charge in [-0.3, -0.25) is 20.0 Å². The summed E-state index contributed by atoms with van der Waals surface area (Å²) in [5.74, 6) is 0.0232. The molecule has 2 aliphatic rings. The number of nitrogens with one attached hydrogen (secondary N) is 3. The lowest BCUT2D eigenvalue weighted by atomic mass is 9.81. The first-order valence-corrected chi connectivity index (χ1v) is 7.56. The Morgan fingerprint density at radius 2 is 2.18 bits per heavy atom. The van der Waals surface area contributed by atoms with Crippen LogP contribution >= 0.6 is 0 Å². The maximum atomic E-state index is 12.0. The number of hydrogen-bond acceptors (Lipinski definition) is 4. The summed E-state index contributed by atoms with van der Waals surface area (Å²) >= 11 is 0. The fourth-order valence-corrected chi connectivity index (χ4v) is 3.24. The summed E-state index contributed by atoms with van der Waals surface area (Å²) in [6.07, 6.45) is 5.39. The highest BCUT2D eigenvalue weighted by Crippen LogP contribution is 2.31. The van der Waals surface area contributed by atoms with Crippen LogP contribution in [0.5, 0.6) is 0 Å². The molecule has 1 aliphatic carbocycles. The van der Waals surface area contributed by atoms with Gasteiger partial charge in [-0.25, -0.2) is 4.79 Å². The number of urea groups is 1. The molecule has 1 saturated carbocycles. The molecule has 2 heterocycles. The van der Waals surface area contributed by atoms with E-state index in [2.05, 4.69) is 20.8 Å². The molecule has 22 heavy (non-hydrogen) atoms. The molecule has 0 bridgehead atoms. The number of H-pyrrole nitrogens is 1. The number of imide groups is 1. The lowest BCUT2D eigenvalue weighted by molar-refractivity contribution is -0.129. The predicted octanol–water partition coefficient (Wildman–Crippen LogP) is 0.849. The van der Waals surface area contributed by atoms with E-state index in [1.54, 1.807) is 17.2 Å². The molecular formula is C14H19N5O3. The quantitative estimate of drug-likeness (QED) is 0.766. The summed E-state index contributed by atoms with van der Waals surface area (Å²) in [6.45, 7) is 0.306. The first-order valence-electron chi connectivity index (χ1n) is 7.56. The molecule has 2 atom stereocenters. The number of aromatic nitrogens is 2. The fraction of sp³-hybridized carbons (Fsp3) is 0.571. The Labute approximate surface area is 127 Å². The number of rotatable bonds is 4. The minimum absolute atomic E-state index is 0.0741. The van der Waals surface area contributed by atoms with Gasteiger partial charge in [-0.1, -0.05) is 12.8 Å². The average molecular weight is 305 g/mol. The Bertz CT molecular complexity index is 571. The second-order valence-electron chi connectivity index (χ2n) is 5.71. The molecule has 0 aromatic carbocycles. The molecule has 1 aromatic heterocycles. The van der Waals surface area contributed by atoms with Crippen LogP contribution in [0.15, 0.2) is 12.3 Å². The molecule has 3 N–H and O–H groups in total. The van der Waals surface area contributed by atoms with E-state index in [0.717, 1.165) is 25.7 Å². The Balaban J connectivity index is 1.59. The van der Waals surface area contributed by atoms with E-state index >= 15 is 0 Å². The number of nitrogens with zero attached hydrogens (tertiary/aromatic N) is 2. The van der Waals surface area contributed by atoms with Crippen molar-refractivity contribution in [1.82, 2.24) is 20.4 Å². The number of fused-ring (bicyclic) bond motifs is 1. The van der Waals surface area contributed by atoms with Crippen LogP contribution in [0.25, 0.3) is 0 Å². The van der Waals surface area contributed by atoms with Crippen LogP contribution in [0, 0.1) is 5.92 Å². The van der Waals surface area contributed by atoms with Gasteiger partial charge in [0.25, 0.3) is 0 Å². The van der Waals surface area contributed by atoms with E-state index in [-0.39, 0.29) is 36.2 Å². The number of hydrogen-bond donors (Lipinski definition) is 3. The van der Waals surface area contributed by atoms with Gasteiger partial charge in [-0.05, 0) is 12.8 Å². The first-order chi connectivity index (χ1) is 10.6. The van der Waals surface area contributed by atoms with Gasteiger partial charge in [-0.15, -0.1) is 0 Å². The lowest BCUT2D eigenvalue weighted by Crippen LogP contribution is -2.61. The summed E-state index contributed by atoms with van der Waals surface area (Å²) in [5, 5.41) is 11.5. The lowest BCUT2D eigenvalue weighted by Gasteiger charge is -2.42. The van der Waals surface area contributed by atoms with Crippen LogP contribution in [-0.4, -0.2) is 45.5 Å². The van der Waals surface area contributed by atoms with Gasteiger partial charge in [0.2, 0.25) is 11.8 Å². The third-order valence-electron chi connectivity index (χ3n) is 4.31. The van der Waals surface area contributed by atoms with Crippen LogP contribution in [0.1, 0.15) is 32.1 Å². The molecule has 118 valence electrons. The monoisotopic (exact) mass is 305 g/mol.